The van der Waals surface area contributed by atoms with Crippen LogP contribution in [0.4, 0.5) is 4.39 Å². The van der Waals surface area contributed by atoms with E-state index >= 15 is 0 Å². The molecule has 21 heavy (non-hydrogen) atoms. The monoisotopic (exact) mass is 284 g/mol. The van der Waals surface area contributed by atoms with Crippen molar-refractivity contribution in [1.29, 1.82) is 0 Å². The van der Waals surface area contributed by atoms with Gasteiger partial charge in [0.25, 0.3) is 0 Å². The number of halogens is 1. The molecule has 0 aliphatic rings. The molecule has 4 heteroatoms. The molecule has 0 aliphatic carbocycles. The number of H-pyrrole nitrogens is 1. The van der Waals surface area contributed by atoms with Crippen LogP contribution in [0.25, 0.3) is 22.2 Å². The predicted octanol–water partition coefficient (Wildman–Crippen LogP) is 3.77. The summed E-state index contributed by atoms with van der Waals surface area (Å²) >= 11 is 0. The zero-order chi connectivity index (χ0) is 15.0. The quantitative estimate of drug-likeness (QED) is 0.769. The number of hydrogen-bond acceptors (Lipinski definition) is 2. The largest absolute Gasteiger partial charge is 0.396 e. The van der Waals surface area contributed by atoms with E-state index in [0.717, 1.165) is 28.0 Å². The zero-order valence-corrected chi connectivity index (χ0v) is 12.0. The van der Waals surface area contributed by atoms with Crippen molar-refractivity contribution in [1.82, 2.24) is 9.97 Å². The van der Waals surface area contributed by atoms with E-state index in [1.807, 2.05) is 32.0 Å². The molecule has 0 bridgehead atoms. The van der Waals surface area contributed by atoms with E-state index in [2.05, 4.69) is 9.97 Å². The molecule has 0 aliphatic heterocycles. The highest BCUT2D eigenvalue weighted by molar-refractivity contribution is 5.87. The summed E-state index contributed by atoms with van der Waals surface area (Å²) in [6, 6.07) is 8.77. The van der Waals surface area contributed by atoms with Gasteiger partial charge in [0.05, 0.1) is 0 Å². The fraction of sp³-hybridized carbons (Fsp3) is 0.235. The molecule has 3 nitrogen and oxygen atoms in total. The van der Waals surface area contributed by atoms with Gasteiger partial charge in [-0.05, 0) is 36.8 Å². The molecule has 1 aromatic carbocycles. The number of aromatic nitrogens is 2. The summed E-state index contributed by atoms with van der Waals surface area (Å²) < 4.78 is 13.8. The lowest BCUT2D eigenvalue weighted by molar-refractivity contribution is 0.273. The van der Waals surface area contributed by atoms with Gasteiger partial charge >= 0.3 is 0 Å². The van der Waals surface area contributed by atoms with Crippen LogP contribution in [0.5, 0.6) is 0 Å². The van der Waals surface area contributed by atoms with Gasteiger partial charge in [-0.2, -0.15) is 0 Å². The molecule has 0 saturated heterocycles. The van der Waals surface area contributed by atoms with E-state index in [0.29, 0.717) is 5.39 Å². The Labute approximate surface area is 122 Å². The van der Waals surface area contributed by atoms with Gasteiger partial charge in [-0.15, -0.1) is 0 Å². The Morgan fingerprint density at radius 2 is 2.14 bits per heavy atom. The summed E-state index contributed by atoms with van der Waals surface area (Å²) in [7, 11) is 0. The zero-order valence-electron chi connectivity index (χ0n) is 12.0. The second-order valence-corrected chi connectivity index (χ2v) is 5.38. The number of aliphatic hydroxyl groups is 1. The van der Waals surface area contributed by atoms with Gasteiger partial charge in [0, 0.05) is 46.6 Å². The van der Waals surface area contributed by atoms with Crippen molar-refractivity contribution < 1.29 is 9.50 Å². The van der Waals surface area contributed by atoms with E-state index in [1.54, 1.807) is 12.3 Å². The van der Waals surface area contributed by atoms with Crippen molar-refractivity contribution in [2.75, 3.05) is 6.61 Å². The molecular formula is C17H17FN2O. The molecule has 2 N–H and O–H groups in total. The summed E-state index contributed by atoms with van der Waals surface area (Å²) in [6.45, 7) is 3.91. The third-order valence-corrected chi connectivity index (χ3v) is 3.78. The van der Waals surface area contributed by atoms with Gasteiger partial charge in [-0.3, -0.25) is 4.98 Å². The van der Waals surface area contributed by atoms with Gasteiger partial charge < -0.3 is 10.1 Å². The molecule has 1 unspecified atom stereocenters. The smallest absolute Gasteiger partial charge is 0.132 e. The lowest BCUT2D eigenvalue weighted by Crippen LogP contribution is -2.03. The van der Waals surface area contributed by atoms with Crippen LogP contribution in [0.2, 0.25) is 0 Å². The first-order valence-electron chi connectivity index (χ1n) is 6.95. The van der Waals surface area contributed by atoms with Gasteiger partial charge in [-0.1, -0.05) is 13.0 Å². The molecule has 2 heterocycles. The van der Waals surface area contributed by atoms with Crippen LogP contribution in [0.1, 0.15) is 24.1 Å². The maximum Gasteiger partial charge on any atom is 0.132 e. The van der Waals surface area contributed by atoms with Gasteiger partial charge in [0.2, 0.25) is 0 Å². The fourth-order valence-corrected chi connectivity index (χ4v) is 2.56. The standard InChI is InChI=1S/C17H17FN2O/c1-10(9-21)14-8-19-11(2)6-12(14)17-7-13-15(18)4-3-5-16(13)20-17/h3-8,10,20-21H,9H2,1-2H3. The number of pyridine rings is 1. The van der Waals surface area contributed by atoms with E-state index in [-0.39, 0.29) is 18.3 Å². The van der Waals surface area contributed by atoms with E-state index < -0.39 is 0 Å². The lowest BCUT2D eigenvalue weighted by atomic mass is 9.96. The number of hydrogen-bond donors (Lipinski definition) is 2. The first kappa shape index (κ1) is 13.8. The maximum absolute atomic E-state index is 13.8. The normalized spacial score (nSPS) is 12.8. The second kappa shape index (κ2) is 5.30. The third kappa shape index (κ3) is 2.43. The Morgan fingerprint density at radius 3 is 2.86 bits per heavy atom. The number of aromatic amines is 1. The molecule has 0 saturated carbocycles. The van der Waals surface area contributed by atoms with Crippen LogP contribution in [0.3, 0.4) is 0 Å². The summed E-state index contributed by atoms with van der Waals surface area (Å²) in [5.74, 6) is -0.262. The summed E-state index contributed by atoms with van der Waals surface area (Å²) in [6.07, 6.45) is 1.79. The SMILES string of the molecule is Cc1cc(-c2cc3c(F)cccc3[nH]2)c(C(C)CO)cn1. The molecule has 0 fully saturated rings. The third-order valence-electron chi connectivity index (χ3n) is 3.78. The number of fused-ring (bicyclic) bond motifs is 1. The predicted molar refractivity (Wildman–Crippen MR) is 81.7 cm³/mol. The van der Waals surface area contributed by atoms with Crippen molar-refractivity contribution in [3.8, 4) is 11.3 Å². The van der Waals surface area contributed by atoms with Crippen LogP contribution < -0.4 is 0 Å². The molecule has 0 spiro atoms. The molecule has 1 atom stereocenters. The number of nitrogens with one attached hydrogen (secondary N) is 1. The lowest BCUT2D eigenvalue weighted by Gasteiger charge is -2.13. The molecule has 0 amide bonds. The Hall–Kier alpha value is -2.20. The molecule has 3 aromatic rings. The Balaban J connectivity index is 2.22. The van der Waals surface area contributed by atoms with Gasteiger partial charge in [0.1, 0.15) is 5.82 Å². The summed E-state index contributed by atoms with van der Waals surface area (Å²) in [5.41, 5.74) is 4.41. The molecule has 3 rings (SSSR count). The van der Waals surface area contributed by atoms with Crippen LogP contribution in [0, 0.1) is 12.7 Å². The van der Waals surface area contributed by atoms with Gasteiger partial charge in [0.15, 0.2) is 0 Å². The number of aliphatic hydroxyl groups excluding tert-OH is 1. The van der Waals surface area contributed by atoms with Crippen molar-refractivity contribution in [3.63, 3.8) is 0 Å². The van der Waals surface area contributed by atoms with E-state index in [1.165, 1.54) is 6.07 Å². The number of rotatable bonds is 3. The summed E-state index contributed by atoms with van der Waals surface area (Å²) in [4.78, 5) is 7.56. The first-order valence-corrected chi connectivity index (χ1v) is 6.95. The highest BCUT2D eigenvalue weighted by Gasteiger charge is 2.15. The van der Waals surface area contributed by atoms with Crippen molar-refractivity contribution in [3.05, 3.63) is 53.6 Å². The van der Waals surface area contributed by atoms with E-state index in [4.69, 9.17) is 0 Å². The Kier molecular flexibility index (Phi) is 3.47. The van der Waals surface area contributed by atoms with Crippen LogP contribution in [-0.2, 0) is 0 Å². The molecular weight excluding hydrogens is 267 g/mol. The van der Waals surface area contributed by atoms with Crippen LogP contribution >= 0.6 is 0 Å². The number of benzene rings is 1. The topological polar surface area (TPSA) is 48.9 Å². The number of nitrogens with zero attached hydrogens (tertiary/aromatic N) is 1. The minimum Gasteiger partial charge on any atom is -0.396 e. The van der Waals surface area contributed by atoms with Crippen molar-refractivity contribution >= 4 is 10.9 Å². The fourth-order valence-electron chi connectivity index (χ4n) is 2.56. The second-order valence-electron chi connectivity index (χ2n) is 5.38. The number of aryl methyl sites for hydroxylation is 1. The molecule has 2 aromatic heterocycles. The highest BCUT2D eigenvalue weighted by Crippen LogP contribution is 2.31. The van der Waals surface area contributed by atoms with Crippen LogP contribution in [0.15, 0.2) is 36.5 Å². The maximum atomic E-state index is 13.8. The van der Waals surface area contributed by atoms with Crippen molar-refractivity contribution in [2.45, 2.75) is 19.8 Å². The summed E-state index contributed by atoms with van der Waals surface area (Å²) in [5, 5.41) is 9.99. The minimum atomic E-state index is -0.238. The average molecular weight is 284 g/mol. The average Bonchev–Trinajstić information content (AvgIpc) is 2.92. The molecule has 0 radical (unpaired) electrons. The van der Waals surface area contributed by atoms with Crippen LogP contribution in [-0.4, -0.2) is 21.7 Å². The Bertz CT molecular complexity index is 795. The highest BCUT2D eigenvalue weighted by atomic mass is 19.1. The minimum absolute atomic E-state index is 0.0237. The molecule has 108 valence electrons. The van der Waals surface area contributed by atoms with Crippen molar-refractivity contribution in [2.24, 2.45) is 0 Å². The van der Waals surface area contributed by atoms with E-state index in [9.17, 15) is 9.50 Å². The Morgan fingerprint density at radius 1 is 1.33 bits per heavy atom. The van der Waals surface area contributed by atoms with Gasteiger partial charge in [-0.25, -0.2) is 4.39 Å². The first-order chi connectivity index (χ1) is 10.1.